The third-order valence-corrected chi connectivity index (χ3v) is 6.13. The van der Waals surface area contributed by atoms with E-state index in [1.165, 1.54) is 15.4 Å². The molecule has 146 valence electrons. The molecule has 7 heteroatoms. The van der Waals surface area contributed by atoms with Crippen molar-refractivity contribution in [2.45, 2.75) is 19.4 Å². The number of imide groups is 1. The van der Waals surface area contributed by atoms with Gasteiger partial charge in [0.2, 0.25) is 5.91 Å². The lowest BCUT2D eigenvalue weighted by atomic mass is 10.1. The van der Waals surface area contributed by atoms with E-state index in [4.69, 9.17) is 23.2 Å². The van der Waals surface area contributed by atoms with Crippen LogP contribution in [0.2, 0.25) is 10.0 Å². The first-order chi connectivity index (χ1) is 13.4. The standard InChI is InChI=1S/C21H21Cl2N3O2/c1-14-2-3-16(23)12-18(14)24-8-10-25(11-9-24)19-13-20(27)26(21(19)28)17-6-4-15(22)5-7-17/h2-7,12,19H,8-11,13H2,1H3/p+1/t19-/m1/s1. The summed E-state index contributed by atoms with van der Waals surface area (Å²) in [7, 11) is 0. The number of quaternary nitrogens is 1. The van der Waals surface area contributed by atoms with E-state index in [-0.39, 0.29) is 24.3 Å². The zero-order valence-corrected chi connectivity index (χ0v) is 17.1. The van der Waals surface area contributed by atoms with Crippen LogP contribution in [-0.4, -0.2) is 44.0 Å². The van der Waals surface area contributed by atoms with Gasteiger partial charge in [0.15, 0.2) is 6.04 Å². The monoisotopic (exact) mass is 418 g/mol. The number of hydrogen-bond acceptors (Lipinski definition) is 3. The summed E-state index contributed by atoms with van der Waals surface area (Å²) in [5.74, 6) is -0.257. The lowest BCUT2D eigenvalue weighted by Gasteiger charge is -2.36. The molecule has 4 rings (SSSR count). The Hall–Kier alpha value is -2.08. The highest BCUT2D eigenvalue weighted by Gasteiger charge is 2.46. The summed E-state index contributed by atoms with van der Waals surface area (Å²) in [6.45, 7) is 5.35. The smallest absolute Gasteiger partial charge is 0.292 e. The second-order valence-corrected chi connectivity index (χ2v) is 8.25. The number of carbonyl (C=O) groups excluding carboxylic acids is 2. The molecule has 2 aromatic rings. The van der Waals surface area contributed by atoms with Crippen LogP contribution in [0.3, 0.4) is 0 Å². The van der Waals surface area contributed by atoms with Crippen molar-refractivity contribution in [3.05, 3.63) is 58.1 Å². The molecular formula is C21H22Cl2N3O2+. The molecule has 2 heterocycles. The van der Waals surface area contributed by atoms with Crippen LogP contribution in [0.15, 0.2) is 42.5 Å². The van der Waals surface area contributed by atoms with Gasteiger partial charge in [0, 0.05) is 15.7 Å². The molecule has 5 nitrogen and oxygen atoms in total. The normalized spacial score (nSPS) is 20.9. The van der Waals surface area contributed by atoms with Gasteiger partial charge in [-0.1, -0.05) is 29.3 Å². The van der Waals surface area contributed by atoms with Gasteiger partial charge in [0.25, 0.3) is 5.91 Å². The van der Waals surface area contributed by atoms with Gasteiger partial charge in [-0.15, -0.1) is 0 Å². The van der Waals surface area contributed by atoms with Crippen LogP contribution in [0.4, 0.5) is 11.4 Å². The third-order valence-electron chi connectivity index (χ3n) is 5.64. The lowest BCUT2D eigenvalue weighted by Crippen LogP contribution is -3.19. The average molecular weight is 419 g/mol. The molecule has 2 aliphatic rings. The second kappa shape index (κ2) is 7.74. The molecule has 2 fully saturated rings. The van der Waals surface area contributed by atoms with Crippen molar-refractivity contribution in [2.24, 2.45) is 0 Å². The van der Waals surface area contributed by atoms with E-state index in [0.717, 1.165) is 36.9 Å². The van der Waals surface area contributed by atoms with Crippen molar-refractivity contribution in [2.75, 3.05) is 36.0 Å². The number of anilines is 2. The maximum atomic E-state index is 13.0. The molecule has 1 atom stereocenters. The minimum absolute atomic E-state index is 0.116. The van der Waals surface area contributed by atoms with Gasteiger partial charge in [-0.05, 0) is 48.9 Å². The van der Waals surface area contributed by atoms with E-state index in [1.807, 2.05) is 18.2 Å². The first-order valence-electron chi connectivity index (χ1n) is 9.42. The maximum Gasteiger partial charge on any atom is 0.292 e. The van der Waals surface area contributed by atoms with E-state index in [1.54, 1.807) is 24.3 Å². The van der Waals surface area contributed by atoms with Gasteiger partial charge in [0.05, 0.1) is 38.3 Å². The number of hydrogen-bond donors (Lipinski definition) is 1. The molecule has 2 amide bonds. The van der Waals surface area contributed by atoms with Crippen molar-refractivity contribution in [3.8, 4) is 0 Å². The summed E-state index contributed by atoms with van der Waals surface area (Å²) in [6.07, 6.45) is 0.257. The minimum Gasteiger partial charge on any atom is -0.360 e. The Labute approximate surface area is 174 Å². The zero-order valence-electron chi connectivity index (χ0n) is 15.6. The van der Waals surface area contributed by atoms with Gasteiger partial charge in [-0.3, -0.25) is 9.59 Å². The first-order valence-corrected chi connectivity index (χ1v) is 10.2. The number of piperazine rings is 1. The van der Waals surface area contributed by atoms with Crippen LogP contribution in [0.25, 0.3) is 0 Å². The van der Waals surface area contributed by atoms with Crippen molar-refractivity contribution in [3.63, 3.8) is 0 Å². The van der Waals surface area contributed by atoms with Crippen LogP contribution < -0.4 is 14.7 Å². The molecule has 2 aliphatic heterocycles. The minimum atomic E-state index is -0.314. The van der Waals surface area contributed by atoms with Gasteiger partial charge >= 0.3 is 0 Å². The fraction of sp³-hybridized carbons (Fsp3) is 0.333. The van der Waals surface area contributed by atoms with Crippen LogP contribution >= 0.6 is 23.2 Å². The molecule has 2 aromatic carbocycles. The van der Waals surface area contributed by atoms with E-state index in [0.29, 0.717) is 10.7 Å². The molecular weight excluding hydrogens is 397 g/mol. The highest BCUT2D eigenvalue weighted by atomic mass is 35.5. The van der Waals surface area contributed by atoms with Gasteiger partial charge in [0.1, 0.15) is 0 Å². The molecule has 28 heavy (non-hydrogen) atoms. The Morgan fingerprint density at radius 1 is 0.964 bits per heavy atom. The van der Waals surface area contributed by atoms with Crippen molar-refractivity contribution in [1.29, 1.82) is 0 Å². The largest absolute Gasteiger partial charge is 0.360 e. The molecule has 0 aliphatic carbocycles. The topological polar surface area (TPSA) is 45.1 Å². The highest BCUT2D eigenvalue weighted by Crippen LogP contribution is 2.26. The van der Waals surface area contributed by atoms with E-state index in [9.17, 15) is 9.59 Å². The van der Waals surface area contributed by atoms with Crippen LogP contribution in [0.1, 0.15) is 12.0 Å². The summed E-state index contributed by atoms with van der Waals surface area (Å²) < 4.78 is 0. The SMILES string of the molecule is Cc1ccc(Cl)cc1N1CC[NH+]([C@@H]2CC(=O)N(c3ccc(Cl)cc3)C2=O)CC1. The number of nitrogens with one attached hydrogen (secondary N) is 1. The number of carbonyl (C=O) groups is 2. The molecule has 0 spiro atoms. The fourth-order valence-corrected chi connectivity index (χ4v) is 4.41. The average Bonchev–Trinajstić information content (AvgIpc) is 2.99. The molecule has 0 radical (unpaired) electrons. The first kappa shape index (κ1) is 19.2. The summed E-state index contributed by atoms with van der Waals surface area (Å²) in [5, 5.41) is 1.31. The Bertz CT molecular complexity index is 908. The summed E-state index contributed by atoms with van der Waals surface area (Å²) in [4.78, 5) is 30.3. The predicted octanol–water partition coefficient (Wildman–Crippen LogP) is 2.34. The van der Waals surface area contributed by atoms with Crippen molar-refractivity contribution in [1.82, 2.24) is 0 Å². The zero-order chi connectivity index (χ0) is 19.8. The predicted molar refractivity (Wildman–Crippen MR) is 111 cm³/mol. The molecule has 0 bridgehead atoms. The van der Waals surface area contributed by atoms with Crippen LogP contribution in [0, 0.1) is 6.92 Å². The van der Waals surface area contributed by atoms with Gasteiger partial charge in [-0.25, -0.2) is 4.90 Å². The van der Waals surface area contributed by atoms with E-state index in [2.05, 4.69) is 11.8 Å². The maximum absolute atomic E-state index is 13.0. The van der Waals surface area contributed by atoms with Gasteiger partial charge < -0.3 is 9.80 Å². The third kappa shape index (κ3) is 3.62. The molecule has 0 unspecified atom stereocenters. The van der Waals surface area contributed by atoms with Crippen molar-refractivity contribution < 1.29 is 14.5 Å². The molecule has 0 aromatic heterocycles. The quantitative estimate of drug-likeness (QED) is 0.777. The fourth-order valence-electron chi connectivity index (χ4n) is 4.12. The van der Waals surface area contributed by atoms with Crippen LogP contribution in [0.5, 0.6) is 0 Å². The Balaban J connectivity index is 1.45. The van der Waals surface area contributed by atoms with Crippen LogP contribution in [-0.2, 0) is 9.59 Å². The molecule has 2 saturated heterocycles. The number of aryl methyl sites for hydroxylation is 1. The Morgan fingerprint density at radius 2 is 1.61 bits per heavy atom. The van der Waals surface area contributed by atoms with Crippen molar-refractivity contribution >= 4 is 46.4 Å². The summed E-state index contributed by atoms with van der Waals surface area (Å²) >= 11 is 12.1. The molecule has 1 N–H and O–H groups in total. The highest BCUT2D eigenvalue weighted by molar-refractivity contribution is 6.31. The Morgan fingerprint density at radius 3 is 2.29 bits per heavy atom. The number of amides is 2. The van der Waals surface area contributed by atoms with Gasteiger partial charge in [-0.2, -0.15) is 0 Å². The number of rotatable bonds is 3. The molecule has 0 saturated carbocycles. The summed E-state index contributed by atoms with van der Waals surface area (Å²) in [6, 6.07) is 12.4. The Kier molecular flexibility index (Phi) is 5.32. The second-order valence-electron chi connectivity index (χ2n) is 7.38. The lowest BCUT2D eigenvalue weighted by molar-refractivity contribution is -0.915. The number of halogens is 2. The summed E-state index contributed by atoms with van der Waals surface area (Å²) in [5.41, 5.74) is 2.92. The number of nitrogens with zero attached hydrogens (tertiary/aromatic N) is 2. The van der Waals surface area contributed by atoms with E-state index >= 15 is 0 Å². The van der Waals surface area contributed by atoms with E-state index < -0.39 is 0 Å². The number of benzene rings is 2.